The number of benzene rings is 2. The Morgan fingerprint density at radius 1 is 1.25 bits per heavy atom. The smallest absolute Gasteiger partial charge is 0.235 e. The quantitative estimate of drug-likeness (QED) is 0.908. The topological polar surface area (TPSA) is 41.1 Å². The Morgan fingerprint density at radius 3 is 2.83 bits per heavy atom. The molecule has 3 nitrogen and oxygen atoms in total. The van der Waals surface area contributed by atoms with Crippen LogP contribution in [0.3, 0.4) is 0 Å². The Labute approximate surface area is 141 Å². The van der Waals surface area contributed by atoms with E-state index in [4.69, 9.17) is 0 Å². The van der Waals surface area contributed by atoms with Gasteiger partial charge in [-0.2, -0.15) is 0 Å². The molecule has 4 heteroatoms. The van der Waals surface area contributed by atoms with Crippen molar-refractivity contribution >= 4 is 11.6 Å². The number of halogens is 1. The Bertz CT molecular complexity index is 811. The Kier molecular flexibility index (Phi) is 3.65. The van der Waals surface area contributed by atoms with Gasteiger partial charge in [0, 0.05) is 6.54 Å². The summed E-state index contributed by atoms with van der Waals surface area (Å²) in [7, 11) is 0. The molecule has 2 aromatic rings. The van der Waals surface area contributed by atoms with Gasteiger partial charge in [0.05, 0.1) is 11.1 Å². The molecule has 1 amide bonds. The molecule has 0 spiro atoms. The first-order chi connectivity index (χ1) is 11.6. The minimum Gasteiger partial charge on any atom is -0.323 e. The summed E-state index contributed by atoms with van der Waals surface area (Å²) < 4.78 is 14.7. The molecule has 24 heavy (non-hydrogen) atoms. The van der Waals surface area contributed by atoms with Gasteiger partial charge in [-0.1, -0.05) is 35.9 Å². The maximum absolute atomic E-state index is 14.7. The summed E-state index contributed by atoms with van der Waals surface area (Å²) in [5.74, 6) is -0.372. The molecule has 4 rings (SSSR count). The number of fused-ring (bicyclic) bond motifs is 1. The van der Waals surface area contributed by atoms with Crippen LogP contribution in [0.4, 0.5) is 10.1 Å². The minimum absolute atomic E-state index is 0.0964. The number of carbonyl (C=O) groups is 1. The van der Waals surface area contributed by atoms with Gasteiger partial charge in [-0.05, 0) is 55.5 Å². The molecule has 0 unspecified atom stereocenters. The molecule has 2 aromatic carbocycles. The summed E-state index contributed by atoms with van der Waals surface area (Å²) in [6, 6.07) is 11.6. The maximum Gasteiger partial charge on any atom is 0.235 e. The van der Waals surface area contributed by atoms with Gasteiger partial charge < -0.3 is 10.6 Å². The molecule has 1 aliphatic heterocycles. The van der Waals surface area contributed by atoms with E-state index >= 15 is 0 Å². The van der Waals surface area contributed by atoms with Crippen LogP contribution in [0, 0.1) is 12.7 Å². The summed E-state index contributed by atoms with van der Waals surface area (Å²) in [5, 5.41) is 6.08. The van der Waals surface area contributed by atoms with Crippen LogP contribution < -0.4 is 10.6 Å². The molecule has 1 aliphatic carbocycles. The number of amides is 1. The van der Waals surface area contributed by atoms with Gasteiger partial charge in [-0.15, -0.1) is 0 Å². The molecule has 1 heterocycles. The first-order valence-corrected chi connectivity index (χ1v) is 8.50. The molecule has 0 radical (unpaired) electrons. The van der Waals surface area contributed by atoms with E-state index in [9.17, 15) is 9.18 Å². The second-order valence-electron chi connectivity index (χ2n) is 6.90. The van der Waals surface area contributed by atoms with Crippen molar-refractivity contribution in [2.45, 2.75) is 38.1 Å². The largest absolute Gasteiger partial charge is 0.323 e. The second kappa shape index (κ2) is 5.71. The van der Waals surface area contributed by atoms with Crippen LogP contribution in [0.15, 0.2) is 36.4 Å². The van der Waals surface area contributed by atoms with Crippen LogP contribution in [0.2, 0.25) is 0 Å². The van der Waals surface area contributed by atoms with Gasteiger partial charge >= 0.3 is 0 Å². The monoisotopic (exact) mass is 324 g/mol. The molecule has 1 fully saturated rings. The molecule has 0 bridgehead atoms. The molecule has 0 saturated heterocycles. The van der Waals surface area contributed by atoms with E-state index in [1.165, 1.54) is 0 Å². The summed E-state index contributed by atoms with van der Waals surface area (Å²) in [6.45, 7) is 3.48. The molecule has 124 valence electrons. The van der Waals surface area contributed by atoms with Gasteiger partial charge in [0.1, 0.15) is 5.82 Å². The van der Waals surface area contributed by atoms with Gasteiger partial charge in [0.2, 0.25) is 5.91 Å². The standard InChI is InChI=1S/C20H21FN2O/c1-13-3-2-4-15(11-13)20(8-9-20)19(24)23-17-6-5-14-12-22-10-7-16(14)18(17)21/h2-6,11,22H,7-10,12H2,1H3,(H,23,24). The molecule has 0 atom stereocenters. The third-order valence-electron chi connectivity index (χ3n) is 5.21. The SMILES string of the molecule is Cc1cccc(C2(C(=O)Nc3ccc4c(c3F)CCNC4)CC2)c1. The third-order valence-corrected chi connectivity index (χ3v) is 5.21. The van der Waals surface area contributed by atoms with Crippen molar-refractivity contribution in [3.8, 4) is 0 Å². The molecular formula is C20H21FN2O. The van der Waals surface area contributed by atoms with E-state index in [2.05, 4.69) is 16.7 Å². The predicted octanol–water partition coefficient (Wildman–Crippen LogP) is 3.45. The number of hydrogen-bond acceptors (Lipinski definition) is 2. The van der Waals surface area contributed by atoms with Crippen molar-refractivity contribution < 1.29 is 9.18 Å². The highest BCUT2D eigenvalue weighted by Crippen LogP contribution is 2.49. The molecule has 2 N–H and O–H groups in total. The van der Waals surface area contributed by atoms with E-state index < -0.39 is 5.41 Å². The fourth-order valence-electron chi connectivity index (χ4n) is 3.59. The van der Waals surface area contributed by atoms with Crippen LogP contribution in [-0.4, -0.2) is 12.5 Å². The van der Waals surface area contributed by atoms with E-state index in [-0.39, 0.29) is 11.7 Å². The normalized spacial score (nSPS) is 17.9. The van der Waals surface area contributed by atoms with Crippen molar-refractivity contribution in [3.63, 3.8) is 0 Å². The lowest BCUT2D eigenvalue weighted by atomic mass is 9.93. The zero-order chi connectivity index (χ0) is 16.7. The fraction of sp³-hybridized carbons (Fsp3) is 0.350. The van der Waals surface area contributed by atoms with Crippen LogP contribution in [0.1, 0.15) is 35.1 Å². The zero-order valence-corrected chi connectivity index (χ0v) is 13.8. The highest BCUT2D eigenvalue weighted by Gasteiger charge is 2.51. The Balaban J connectivity index is 1.61. The molecule has 2 aliphatic rings. The van der Waals surface area contributed by atoms with Crippen molar-refractivity contribution in [2.75, 3.05) is 11.9 Å². The first kappa shape index (κ1) is 15.3. The van der Waals surface area contributed by atoms with Gasteiger partial charge in [0.25, 0.3) is 0 Å². The number of carbonyl (C=O) groups excluding carboxylic acids is 1. The molecule has 0 aromatic heterocycles. The predicted molar refractivity (Wildman–Crippen MR) is 92.5 cm³/mol. The second-order valence-corrected chi connectivity index (χ2v) is 6.90. The van der Waals surface area contributed by atoms with E-state index in [1.54, 1.807) is 6.07 Å². The van der Waals surface area contributed by atoms with Crippen LogP contribution in [0.25, 0.3) is 0 Å². The minimum atomic E-state index is -0.490. The number of hydrogen-bond donors (Lipinski definition) is 2. The molecule has 1 saturated carbocycles. The average Bonchev–Trinajstić information content (AvgIpc) is 3.40. The first-order valence-electron chi connectivity index (χ1n) is 8.50. The Morgan fingerprint density at radius 2 is 2.08 bits per heavy atom. The van der Waals surface area contributed by atoms with E-state index in [1.807, 2.05) is 31.2 Å². The van der Waals surface area contributed by atoms with Crippen molar-refractivity contribution in [1.29, 1.82) is 0 Å². The zero-order valence-electron chi connectivity index (χ0n) is 13.8. The molecular weight excluding hydrogens is 303 g/mol. The van der Waals surface area contributed by atoms with Gasteiger partial charge in [-0.3, -0.25) is 4.79 Å². The highest BCUT2D eigenvalue weighted by atomic mass is 19.1. The highest BCUT2D eigenvalue weighted by molar-refractivity contribution is 6.01. The summed E-state index contributed by atoms with van der Waals surface area (Å²) in [5.41, 5.74) is 3.69. The summed E-state index contributed by atoms with van der Waals surface area (Å²) >= 11 is 0. The van der Waals surface area contributed by atoms with Crippen molar-refractivity contribution in [2.24, 2.45) is 0 Å². The summed E-state index contributed by atoms with van der Waals surface area (Å²) in [4.78, 5) is 12.8. The van der Waals surface area contributed by atoms with Gasteiger partial charge in [-0.25, -0.2) is 4.39 Å². The fourth-order valence-corrected chi connectivity index (χ4v) is 3.59. The number of anilines is 1. The lowest BCUT2D eigenvalue weighted by molar-refractivity contribution is -0.118. The number of nitrogens with one attached hydrogen (secondary N) is 2. The average molecular weight is 324 g/mol. The Hall–Kier alpha value is -2.20. The van der Waals surface area contributed by atoms with Crippen LogP contribution >= 0.6 is 0 Å². The van der Waals surface area contributed by atoms with Gasteiger partial charge in [0.15, 0.2) is 0 Å². The van der Waals surface area contributed by atoms with Crippen molar-refractivity contribution in [3.05, 3.63) is 64.5 Å². The van der Waals surface area contributed by atoms with E-state index in [0.717, 1.165) is 41.6 Å². The number of aryl methyl sites for hydroxylation is 1. The summed E-state index contributed by atoms with van der Waals surface area (Å²) in [6.07, 6.45) is 2.30. The van der Waals surface area contributed by atoms with E-state index in [0.29, 0.717) is 18.7 Å². The third kappa shape index (κ3) is 2.51. The lowest BCUT2D eigenvalue weighted by Gasteiger charge is -2.21. The lowest BCUT2D eigenvalue weighted by Crippen LogP contribution is -2.29. The number of rotatable bonds is 3. The van der Waals surface area contributed by atoms with Crippen LogP contribution in [0.5, 0.6) is 0 Å². The van der Waals surface area contributed by atoms with Crippen molar-refractivity contribution in [1.82, 2.24) is 5.32 Å². The maximum atomic E-state index is 14.7. The van der Waals surface area contributed by atoms with Crippen LogP contribution in [-0.2, 0) is 23.2 Å².